The van der Waals surface area contributed by atoms with Crippen molar-refractivity contribution in [3.63, 3.8) is 0 Å². The third kappa shape index (κ3) is 13.1. The van der Waals surface area contributed by atoms with Gasteiger partial charge < -0.3 is 24.8 Å². The molecule has 1 heterocycles. The summed E-state index contributed by atoms with van der Waals surface area (Å²) in [6, 6.07) is 0. The van der Waals surface area contributed by atoms with Gasteiger partial charge in [0, 0.05) is 6.61 Å². The number of hydrogen-bond donors (Lipinski definition) is 3. The molecule has 5 nitrogen and oxygen atoms in total. The van der Waals surface area contributed by atoms with E-state index in [4.69, 9.17) is 14.6 Å². The molecule has 0 aromatic heterocycles. The monoisotopic (exact) mass is 428 g/mol. The summed E-state index contributed by atoms with van der Waals surface area (Å²) in [7, 11) is 0. The summed E-state index contributed by atoms with van der Waals surface area (Å²) in [4.78, 5) is 0. The van der Waals surface area contributed by atoms with Crippen molar-refractivity contribution in [1.82, 2.24) is 0 Å². The fourth-order valence-corrected chi connectivity index (χ4v) is 3.93. The van der Waals surface area contributed by atoms with E-state index in [9.17, 15) is 10.2 Å². The van der Waals surface area contributed by atoms with Gasteiger partial charge in [-0.3, -0.25) is 0 Å². The Kier molecular flexibility index (Phi) is 17.7. The quantitative estimate of drug-likeness (QED) is 0.201. The van der Waals surface area contributed by atoms with Gasteiger partial charge in [-0.1, -0.05) is 89.7 Å². The molecular weight excluding hydrogens is 380 g/mol. The van der Waals surface area contributed by atoms with Gasteiger partial charge in [-0.25, -0.2) is 0 Å². The maximum absolute atomic E-state index is 10.0. The molecule has 0 radical (unpaired) electrons. The number of allylic oxidation sites excluding steroid dienone is 2. The number of ether oxygens (including phenoxy) is 2. The normalized spacial score (nSPS) is 24.7. The molecular formula is C25H48O5. The number of aliphatic hydroxyl groups excluding tert-OH is 3. The Morgan fingerprint density at radius 3 is 1.87 bits per heavy atom. The molecule has 178 valence electrons. The van der Waals surface area contributed by atoms with Crippen LogP contribution in [0, 0.1) is 0 Å². The van der Waals surface area contributed by atoms with E-state index in [1.807, 2.05) is 0 Å². The van der Waals surface area contributed by atoms with E-state index in [0.717, 1.165) is 12.8 Å². The molecule has 1 aliphatic rings. The molecule has 1 aliphatic heterocycles. The Labute approximate surface area is 184 Å². The van der Waals surface area contributed by atoms with Crippen molar-refractivity contribution < 1.29 is 24.8 Å². The van der Waals surface area contributed by atoms with Crippen molar-refractivity contribution in [2.45, 2.75) is 128 Å². The second-order valence-corrected chi connectivity index (χ2v) is 8.74. The van der Waals surface area contributed by atoms with Crippen molar-refractivity contribution in [3.8, 4) is 0 Å². The van der Waals surface area contributed by atoms with Crippen LogP contribution >= 0.6 is 0 Å². The Morgan fingerprint density at radius 1 is 0.767 bits per heavy atom. The van der Waals surface area contributed by atoms with Gasteiger partial charge in [-0.15, -0.1) is 0 Å². The Morgan fingerprint density at radius 2 is 1.30 bits per heavy atom. The molecule has 5 heteroatoms. The van der Waals surface area contributed by atoms with Crippen LogP contribution in [0.25, 0.3) is 0 Å². The molecule has 4 atom stereocenters. The van der Waals surface area contributed by atoms with Gasteiger partial charge in [-0.05, 0) is 25.7 Å². The minimum Gasteiger partial charge on any atom is -0.394 e. The van der Waals surface area contributed by atoms with Crippen LogP contribution in [-0.4, -0.2) is 59.6 Å². The van der Waals surface area contributed by atoms with E-state index in [1.54, 1.807) is 0 Å². The average Bonchev–Trinajstić information content (AvgIpc) is 2.75. The highest BCUT2D eigenvalue weighted by atomic mass is 16.6. The molecule has 0 spiro atoms. The maximum atomic E-state index is 10.0. The smallest absolute Gasteiger partial charge is 0.111 e. The number of hydrogen-bond acceptors (Lipinski definition) is 5. The van der Waals surface area contributed by atoms with Crippen molar-refractivity contribution in [3.05, 3.63) is 12.2 Å². The third-order valence-corrected chi connectivity index (χ3v) is 5.99. The molecule has 0 bridgehead atoms. The molecule has 1 saturated heterocycles. The van der Waals surface area contributed by atoms with Crippen LogP contribution in [0.5, 0.6) is 0 Å². The van der Waals surface area contributed by atoms with Crippen LogP contribution in [0.4, 0.5) is 0 Å². The molecule has 3 N–H and O–H groups in total. The van der Waals surface area contributed by atoms with E-state index < -0.39 is 24.4 Å². The van der Waals surface area contributed by atoms with Gasteiger partial charge >= 0.3 is 0 Å². The molecule has 0 saturated carbocycles. The van der Waals surface area contributed by atoms with Crippen LogP contribution in [0.2, 0.25) is 0 Å². The van der Waals surface area contributed by atoms with Crippen molar-refractivity contribution in [1.29, 1.82) is 0 Å². The summed E-state index contributed by atoms with van der Waals surface area (Å²) in [5.41, 5.74) is 0. The van der Waals surface area contributed by atoms with E-state index >= 15 is 0 Å². The van der Waals surface area contributed by atoms with E-state index in [1.165, 1.54) is 83.5 Å². The SMILES string of the molecule is CCC/C=C/CCCCCCCCCCCCCCO[C@H]1CO[C@H](CO)[C@@H](O)[C@@H]1O. The first-order valence-corrected chi connectivity index (χ1v) is 12.6. The predicted molar refractivity (Wildman–Crippen MR) is 123 cm³/mol. The highest BCUT2D eigenvalue weighted by Crippen LogP contribution is 2.18. The Hall–Kier alpha value is -0.460. The van der Waals surface area contributed by atoms with Crippen LogP contribution in [0.1, 0.15) is 103 Å². The van der Waals surface area contributed by atoms with Gasteiger partial charge in [0.1, 0.15) is 24.4 Å². The maximum Gasteiger partial charge on any atom is 0.111 e. The van der Waals surface area contributed by atoms with Gasteiger partial charge in [0.15, 0.2) is 0 Å². The predicted octanol–water partition coefficient (Wildman–Crippen LogP) is 4.91. The lowest BCUT2D eigenvalue weighted by Gasteiger charge is -2.36. The van der Waals surface area contributed by atoms with Gasteiger partial charge in [0.25, 0.3) is 0 Å². The lowest BCUT2D eigenvalue weighted by atomic mass is 10.0. The number of unbranched alkanes of at least 4 members (excludes halogenated alkanes) is 13. The zero-order valence-corrected chi connectivity index (χ0v) is 19.4. The first kappa shape index (κ1) is 27.6. The lowest BCUT2D eigenvalue weighted by molar-refractivity contribution is -0.208. The van der Waals surface area contributed by atoms with Gasteiger partial charge in [-0.2, -0.15) is 0 Å². The molecule has 0 amide bonds. The molecule has 1 rings (SSSR count). The molecule has 0 aliphatic carbocycles. The van der Waals surface area contributed by atoms with E-state index in [0.29, 0.717) is 6.61 Å². The Balaban J connectivity index is 1.80. The van der Waals surface area contributed by atoms with Crippen LogP contribution in [0.3, 0.4) is 0 Å². The minimum absolute atomic E-state index is 0.222. The summed E-state index contributed by atoms with van der Waals surface area (Å²) < 4.78 is 11.0. The van der Waals surface area contributed by atoms with Crippen molar-refractivity contribution >= 4 is 0 Å². The first-order valence-electron chi connectivity index (χ1n) is 12.6. The fourth-order valence-electron chi connectivity index (χ4n) is 3.93. The summed E-state index contributed by atoms with van der Waals surface area (Å²) in [5.74, 6) is 0. The van der Waals surface area contributed by atoms with Crippen LogP contribution in [0.15, 0.2) is 12.2 Å². The van der Waals surface area contributed by atoms with E-state index in [2.05, 4.69) is 19.1 Å². The van der Waals surface area contributed by atoms with E-state index in [-0.39, 0.29) is 13.2 Å². The zero-order valence-electron chi connectivity index (χ0n) is 19.4. The van der Waals surface area contributed by atoms with Gasteiger partial charge in [0.05, 0.1) is 13.2 Å². The zero-order chi connectivity index (χ0) is 21.9. The lowest BCUT2D eigenvalue weighted by Crippen LogP contribution is -2.55. The molecule has 0 aromatic carbocycles. The minimum atomic E-state index is -1.08. The summed E-state index contributed by atoms with van der Waals surface area (Å²) >= 11 is 0. The molecule has 0 aromatic rings. The summed E-state index contributed by atoms with van der Waals surface area (Å²) in [6.07, 6.45) is 20.7. The summed E-state index contributed by atoms with van der Waals surface area (Å²) in [5, 5.41) is 28.9. The fraction of sp³-hybridized carbons (Fsp3) is 0.920. The molecule has 30 heavy (non-hydrogen) atoms. The van der Waals surface area contributed by atoms with Crippen LogP contribution in [-0.2, 0) is 9.47 Å². The topological polar surface area (TPSA) is 79.2 Å². The number of aliphatic hydroxyl groups is 3. The average molecular weight is 429 g/mol. The number of rotatable bonds is 19. The third-order valence-electron chi connectivity index (χ3n) is 5.99. The first-order chi connectivity index (χ1) is 14.7. The Bertz CT molecular complexity index is 401. The van der Waals surface area contributed by atoms with Crippen LogP contribution < -0.4 is 0 Å². The standard InChI is InChI=1S/C25H48O5/c1-2-3-4-5-6-7-8-9-10-11-12-13-14-15-16-17-18-19-29-23-21-30-22(20-26)24(27)25(23)28/h4-5,22-28H,2-3,6-21H2,1H3/b5-4+/t22-,23+,24-,25-/m1/s1. The van der Waals surface area contributed by atoms with Gasteiger partial charge in [0.2, 0.25) is 0 Å². The highest BCUT2D eigenvalue weighted by molar-refractivity contribution is 4.87. The second kappa shape index (κ2) is 19.2. The largest absolute Gasteiger partial charge is 0.394 e. The second-order valence-electron chi connectivity index (χ2n) is 8.74. The van der Waals surface area contributed by atoms with Crippen molar-refractivity contribution in [2.75, 3.05) is 19.8 Å². The highest BCUT2D eigenvalue weighted by Gasteiger charge is 2.38. The van der Waals surface area contributed by atoms with Crippen molar-refractivity contribution in [2.24, 2.45) is 0 Å². The molecule has 0 unspecified atom stereocenters. The molecule has 1 fully saturated rings. The summed E-state index contributed by atoms with van der Waals surface area (Å²) in [6.45, 7) is 2.74.